The number of anilines is 2. The number of nitrogens with zero attached hydrogens (tertiary/aromatic N) is 2. The molecule has 4 rings (SSSR count). The van der Waals surface area contributed by atoms with E-state index in [1.165, 1.54) is 5.56 Å². The molecule has 0 saturated heterocycles. The highest BCUT2D eigenvalue weighted by atomic mass is 16.2. The predicted molar refractivity (Wildman–Crippen MR) is 148 cm³/mol. The summed E-state index contributed by atoms with van der Waals surface area (Å²) in [5.41, 5.74) is 6.32. The zero-order valence-electron chi connectivity index (χ0n) is 21.5. The Morgan fingerprint density at radius 2 is 1.61 bits per heavy atom. The Hall–Kier alpha value is -3.90. The Morgan fingerprint density at radius 1 is 0.861 bits per heavy atom. The average molecular weight is 483 g/mol. The van der Waals surface area contributed by atoms with Crippen LogP contribution in [0.4, 0.5) is 11.4 Å². The minimum atomic E-state index is -0.191. The van der Waals surface area contributed by atoms with Crippen LogP contribution in [0.15, 0.2) is 72.8 Å². The maximum Gasteiger partial charge on any atom is 0.258 e. The van der Waals surface area contributed by atoms with E-state index in [2.05, 4.69) is 41.5 Å². The fraction of sp³-hybridized carbons (Fsp3) is 0.267. The fourth-order valence-corrected chi connectivity index (χ4v) is 4.40. The summed E-state index contributed by atoms with van der Waals surface area (Å²) in [6.07, 6.45) is 0. The van der Waals surface area contributed by atoms with Crippen molar-refractivity contribution < 1.29 is 9.59 Å². The first kappa shape index (κ1) is 25.2. The van der Waals surface area contributed by atoms with E-state index in [0.29, 0.717) is 23.4 Å². The van der Waals surface area contributed by atoms with Gasteiger partial charge in [-0.05, 0) is 55.4 Å². The largest absolute Gasteiger partial charge is 0.354 e. The smallest absolute Gasteiger partial charge is 0.258 e. The van der Waals surface area contributed by atoms with Crippen molar-refractivity contribution >= 4 is 34.5 Å². The van der Waals surface area contributed by atoms with Gasteiger partial charge in [0.15, 0.2) is 0 Å². The second kappa shape index (κ2) is 11.2. The first-order valence-electron chi connectivity index (χ1n) is 12.5. The van der Waals surface area contributed by atoms with Crippen molar-refractivity contribution in [2.45, 2.75) is 27.3 Å². The van der Waals surface area contributed by atoms with Gasteiger partial charge in [-0.2, -0.15) is 0 Å². The Labute approximate surface area is 213 Å². The molecule has 3 aromatic carbocycles. The van der Waals surface area contributed by atoms with E-state index in [1.807, 2.05) is 55.5 Å². The van der Waals surface area contributed by atoms with Crippen LogP contribution in [0.1, 0.15) is 47.8 Å². The number of fused-ring (bicyclic) bond motifs is 1. The molecule has 0 bridgehead atoms. The van der Waals surface area contributed by atoms with Crippen LogP contribution in [0.25, 0.3) is 11.3 Å². The molecule has 0 radical (unpaired) electrons. The quantitative estimate of drug-likeness (QED) is 0.392. The highest BCUT2D eigenvalue weighted by Crippen LogP contribution is 2.38. The normalized spacial score (nSPS) is 13.9. The average Bonchev–Trinajstić information content (AvgIpc) is 3.24. The van der Waals surface area contributed by atoms with E-state index in [1.54, 1.807) is 24.1 Å². The third-order valence-electron chi connectivity index (χ3n) is 6.64. The lowest BCUT2D eigenvalue weighted by Gasteiger charge is -2.19. The van der Waals surface area contributed by atoms with Crippen molar-refractivity contribution in [2.75, 3.05) is 37.3 Å². The third kappa shape index (κ3) is 5.34. The number of hydrogen-bond donors (Lipinski definition) is 2. The molecular formula is C30H34N4O2. The Balaban J connectivity index is 1.76. The zero-order valence-corrected chi connectivity index (χ0v) is 21.5. The van der Waals surface area contributed by atoms with Crippen LogP contribution in [0.5, 0.6) is 0 Å². The monoisotopic (exact) mass is 482 g/mol. The second-order valence-corrected chi connectivity index (χ2v) is 8.94. The molecule has 0 aromatic heterocycles. The van der Waals surface area contributed by atoms with Gasteiger partial charge in [0.05, 0.1) is 11.3 Å². The van der Waals surface area contributed by atoms with Gasteiger partial charge in [0.1, 0.15) is 0 Å². The van der Waals surface area contributed by atoms with Gasteiger partial charge in [-0.1, -0.05) is 62.4 Å². The summed E-state index contributed by atoms with van der Waals surface area (Å²) in [5, 5.41) is 6.52. The number of amides is 2. The van der Waals surface area contributed by atoms with Crippen LogP contribution in [-0.2, 0) is 11.3 Å². The molecule has 1 heterocycles. The standard InChI is InChI=1S/C30H34N4O2/c1-5-33(4)30(36)23-16-17-25-26(19-23)32-29(35)27(25)28(22-13-9-8-10-14-22)31-24-15-11-12-21(18-24)20-34(6-2)7-3/h8-19,31H,5-7,20H2,1-4H3,(H,32,35)/b28-27-. The van der Waals surface area contributed by atoms with Crippen LogP contribution in [0.2, 0.25) is 0 Å². The van der Waals surface area contributed by atoms with Gasteiger partial charge in [-0.25, -0.2) is 0 Å². The SMILES string of the molecule is CCN(CC)Cc1cccc(N/C(=C2\C(=O)Nc3cc(C(=O)N(C)CC)ccc32)c2ccccc2)c1. The van der Waals surface area contributed by atoms with Gasteiger partial charge >= 0.3 is 0 Å². The molecular weight excluding hydrogens is 448 g/mol. The molecule has 0 aliphatic carbocycles. The van der Waals surface area contributed by atoms with Gasteiger partial charge in [0, 0.05) is 42.6 Å². The second-order valence-electron chi connectivity index (χ2n) is 8.94. The Kier molecular flexibility index (Phi) is 7.86. The number of rotatable bonds is 9. The number of nitrogens with one attached hydrogen (secondary N) is 2. The summed E-state index contributed by atoms with van der Waals surface area (Å²) in [4.78, 5) is 30.0. The lowest BCUT2D eigenvalue weighted by atomic mass is 9.98. The fourth-order valence-electron chi connectivity index (χ4n) is 4.40. The summed E-state index contributed by atoms with van der Waals surface area (Å²) in [6, 6.07) is 23.6. The van der Waals surface area contributed by atoms with E-state index < -0.39 is 0 Å². The van der Waals surface area contributed by atoms with Crippen molar-refractivity contribution in [3.05, 3.63) is 95.1 Å². The van der Waals surface area contributed by atoms with Gasteiger partial charge < -0.3 is 15.5 Å². The maximum atomic E-state index is 13.3. The van der Waals surface area contributed by atoms with Crippen molar-refractivity contribution in [3.8, 4) is 0 Å². The number of benzene rings is 3. The molecule has 6 heteroatoms. The summed E-state index contributed by atoms with van der Waals surface area (Å²) in [7, 11) is 1.77. The van der Waals surface area contributed by atoms with Gasteiger partial charge in [0.25, 0.3) is 11.8 Å². The van der Waals surface area contributed by atoms with Crippen LogP contribution >= 0.6 is 0 Å². The summed E-state index contributed by atoms with van der Waals surface area (Å²) in [5.74, 6) is -0.262. The van der Waals surface area contributed by atoms with Crippen LogP contribution in [-0.4, -0.2) is 48.3 Å². The van der Waals surface area contributed by atoms with Gasteiger partial charge in [0.2, 0.25) is 0 Å². The van der Waals surface area contributed by atoms with Crippen molar-refractivity contribution in [3.63, 3.8) is 0 Å². The minimum Gasteiger partial charge on any atom is -0.354 e. The van der Waals surface area contributed by atoms with Crippen LogP contribution in [0.3, 0.4) is 0 Å². The molecule has 1 aliphatic rings. The van der Waals surface area contributed by atoms with Crippen LogP contribution < -0.4 is 10.6 Å². The Morgan fingerprint density at radius 3 is 2.31 bits per heavy atom. The number of carbonyl (C=O) groups excluding carboxylic acids is 2. The number of hydrogen-bond acceptors (Lipinski definition) is 4. The molecule has 1 aliphatic heterocycles. The predicted octanol–water partition coefficient (Wildman–Crippen LogP) is 5.55. The third-order valence-corrected chi connectivity index (χ3v) is 6.64. The highest BCUT2D eigenvalue weighted by Gasteiger charge is 2.29. The molecule has 0 atom stereocenters. The lowest BCUT2D eigenvalue weighted by Crippen LogP contribution is -2.26. The van der Waals surface area contributed by atoms with E-state index in [4.69, 9.17) is 0 Å². The summed E-state index contributed by atoms with van der Waals surface area (Å²) >= 11 is 0. The van der Waals surface area contributed by atoms with E-state index in [-0.39, 0.29) is 11.8 Å². The van der Waals surface area contributed by atoms with Crippen molar-refractivity contribution in [1.29, 1.82) is 0 Å². The maximum absolute atomic E-state index is 13.3. The molecule has 0 spiro atoms. The highest BCUT2D eigenvalue weighted by molar-refractivity contribution is 6.37. The molecule has 0 unspecified atom stereocenters. The van der Waals surface area contributed by atoms with Gasteiger partial charge in [-0.15, -0.1) is 0 Å². The minimum absolute atomic E-state index is 0.0709. The van der Waals surface area contributed by atoms with Crippen LogP contribution in [0, 0.1) is 0 Å². The molecule has 6 nitrogen and oxygen atoms in total. The first-order valence-corrected chi connectivity index (χ1v) is 12.5. The van der Waals surface area contributed by atoms with E-state index in [9.17, 15) is 9.59 Å². The molecule has 2 N–H and O–H groups in total. The first-order chi connectivity index (χ1) is 17.4. The molecule has 2 amide bonds. The zero-order chi connectivity index (χ0) is 25.7. The van der Waals surface area contributed by atoms with Gasteiger partial charge in [-0.3, -0.25) is 14.5 Å². The number of carbonyl (C=O) groups is 2. The molecule has 0 fully saturated rings. The Bertz CT molecular complexity index is 1280. The van der Waals surface area contributed by atoms with Crippen molar-refractivity contribution in [1.82, 2.24) is 9.80 Å². The van der Waals surface area contributed by atoms with Crippen molar-refractivity contribution in [2.24, 2.45) is 0 Å². The van der Waals surface area contributed by atoms with E-state index >= 15 is 0 Å². The summed E-state index contributed by atoms with van der Waals surface area (Å²) < 4.78 is 0. The molecule has 186 valence electrons. The molecule has 0 saturated carbocycles. The topological polar surface area (TPSA) is 64.7 Å². The van der Waals surface area contributed by atoms with E-state index in [0.717, 1.165) is 42.1 Å². The lowest BCUT2D eigenvalue weighted by molar-refractivity contribution is -0.110. The summed E-state index contributed by atoms with van der Waals surface area (Å²) in [6.45, 7) is 9.72. The molecule has 36 heavy (non-hydrogen) atoms. The molecule has 3 aromatic rings.